The molecule has 0 aliphatic carbocycles. The molecule has 3 heterocycles. The number of benzene rings is 2. The Labute approximate surface area is 194 Å². The molecule has 5 aromatic rings. The Hall–Kier alpha value is -4.25. The number of pyridine rings is 1. The van der Waals surface area contributed by atoms with Crippen LogP contribution in [-0.4, -0.2) is 35.7 Å². The van der Waals surface area contributed by atoms with Crippen LogP contribution in [0.3, 0.4) is 0 Å². The lowest BCUT2D eigenvalue weighted by molar-refractivity contribution is -0.143. The van der Waals surface area contributed by atoms with Gasteiger partial charge in [0, 0.05) is 17.3 Å². The van der Waals surface area contributed by atoms with Crippen LogP contribution in [-0.2, 0) is 6.18 Å². The summed E-state index contributed by atoms with van der Waals surface area (Å²) in [6, 6.07) is 12.4. The Morgan fingerprint density at radius 3 is 2.47 bits per heavy atom. The second-order valence-corrected chi connectivity index (χ2v) is 7.51. The van der Waals surface area contributed by atoms with Gasteiger partial charge in [-0.25, -0.2) is 4.68 Å². The molecule has 0 aliphatic heterocycles. The Morgan fingerprint density at radius 1 is 0.941 bits per heavy atom. The Morgan fingerprint density at radius 2 is 1.74 bits per heavy atom. The first-order chi connectivity index (χ1) is 16.3. The van der Waals surface area contributed by atoms with E-state index in [0.717, 1.165) is 6.20 Å². The third kappa shape index (κ3) is 3.86. The molecule has 3 aromatic heterocycles. The van der Waals surface area contributed by atoms with E-state index in [9.17, 15) is 18.0 Å². The SMILES string of the molecule is O=C(Nc1ccc(-n2nccn2)c(Cl)c1)c1cnn(-c2cccc3ncccc23)c1C(F)(F)F. The van der Waals surface area contributed by atoms with E-state index in [1.54, 1.807) is 24.3 Å². The summed E-state index contributed by atoms with van der Waals surface area (Å²) in [7, 11) is 0. The number of rotatable bonds is 4. The minimum atomic E-state index is -4.86. The Kier molecular flexibility index (Phi) is 5.25. The molecule has 8 nitrogen and oxygen atoms in total. The van der Waals surface area contributed by atoms with Crippen LogP contribution in [0.5, 0.6) is 0 Å². The van der Waals surface area contributed by atoms with Gasteiger partial charge in [0.05, 0.1) is 40.4 Å². The molecule has 1 amide bonds. The lowest BCUT2D eigenvalue weighted by atomic mass is 10.1. The molecular formula is C22H13ClF3N7O. The fraction of sp³-hybridized carbons (Fsp3) is 0.0455. The van der Waals surface area contributed by atoms with Crippen molar-refractivity contribution in [2.45, 2.75) is 6.18 Å². The van der Waals surface area contributed by atoms with Gasteiger partial charge in [0.25, 0.3) is 5.91 Å². The van der Waals surface area contributed by atoms with Gasteiger partial charge >= 0.3 is 6.18 Å². The zero-order valence-corrected chi connectivity index (χ0v) is 17.8. The zero-order valence-electron chi connectivity index (χ0n) is 17.0. The number of hydrogen-bond donors (Lipinski definition) is 1. The largest absolute Gasteiger partial charge is 0.434 e. The highest BCUT2D eigenvalue weighted by Gasteiger charge is 2.41. The van der Waals surface area contributed by atoms with Gasteiger partial charge in [-0.1, -0.05) is 17.7 Å². The molecule has 0 fully saturated rings. The first-order valence-corrected chi connectivity index (χ1v) is 10.2. The fourth-order valence-corrected chi connectivity index (χ4v) is 3.78. The van der Waals surface area contributed by atoms with Crippen LogP contribution in [0.2, 0.25) is 5.02 Å². The number of amides is 1. The monoisotopic (exact) mass is 483 g/mol. The molecule has 1 N–H and O–H groups in total. The third-order valence-electron chi connectivity index (χ3n) is 4.97. The number of halogens is 4. The molecule has 34 heavy (non-hydrogen) atoms. The molecule has 0 atom stereocenters. The number of hydrogen-bond acceptors (Lipinski definition) is 5. The summed E-state index contributed by atoms with van der Waals surface area (Å²) in [4.78, 5) is 18.3. The molecule has 0 saturated carbocycles. The highest BCUT2D eigenvalue weighted by Crippen LogP contribution is 2.35. The molecule has 12 heteroatoms. The third-order valence-corrected chi connectivity index (χ3v) is 5.28. The lowest BCUT2D eigenvalue weighted by Crippen LogP contribution is -2.21. The highest BCUT2D eigenvalue weighted by atomic mass is 35.5. The Bertz CT molecular complexity index is 1510. The van der Waals surface area contributed by atoms with Crippen LogP contribution in [0.25, 0.3) is 22.3 Å². The van der Waals surface area contributed by atoms with Crippen LogP contribution in [0.15, 0.2) is 73.3 Å². The summed E-state index contributed by atoms with van der Waals surface area (Å²) in [6.07, 6.45) is 0.498. The van der Waals surface area contributed by atoms with Gasteiger partial charge in [-0.2, -0.15) is 33.3 Å². The second kappa shape index (κ2) is 8.27. The van der Waals surface area contributed by atoms with E-state index < -0.39 is 23.3 Å². The number of anilines is 1. The average Bonchev–Trinajstić information content (AvgIpc) is 3.49. The summed E-state index contributed by atoms with van der Waals surface area (Å²) in [5, 5.41) is 14.9. The van der Waals surface area contributed by atoms with Crippen molar-refractivity contribution in [3.8, 4) is 11.4 Å². The average molecular weight is 484 g/mol. The first-order valence-electron chi connectivity index (χ1n) is 9.80. The van der Waals surface area contributed by atoms with Gasteiger partial charge < -0.3 is 5.32 Å². The van der Waals surface area contributed by atoms with Crippen LogP contribution < -0.4 is 5.32 Å². The number of carbonyl (C=O) groups is 1. The van der Waals surface area contributed by atoms with Gasteiger partial charge in [-0.15, -0.1) is 0 Å². The summed E-state index contributed by atoms with van der Waals surface area (Å²) < 4.78 is 43.0. The second-order valence-electron chi connectivity index (χ2n) is 7.10. The van der Waals surface area contributed by atoms with Gasteiger partial charge in [0.1, 0.15) is 5.69 Å². The van der Waals surface area contributed by atoms with Crippen molar-refractivity contribution >= 4 is 34.1 Å². The summed E-state index contributed by atoms with van der Waals surface area (Å²) >= 11 is 6.24. The number of alkyl halides is 3. The van der Waals surface area contributed by atoms with Crippen LogP contribution >= 0.6 is 11.6 Å². The molecule has 2 aromatic carbocycles. The number of nitrogens with zero attached hydrogens (tertiary/aromatic N) is 6. The minimum Gasteiger partial charge on any atom is -0.322 e. The van der Waals surface area contributed by atoms with E-state index in [4.69, 9.17) is 11.6 Å². The van der Waals surface area contributed by atoms with E-state index in [1.807, 2.05) is 0 Å². The van der Waals surface area contributed by atoms with Crippen LogP contribution in [0.4, 0.5) is 18.9 Å². The normalized spacial score (nSPS) is 11.6. The van der Waals surface area contributed by atoms with Crippen molar-refractivity contribution < 1.29 is 18.0 Å². The van der Waals surface area contributed by atoms with E-state index in [2.05, 4.69) is 25.6 Å². The van der Waals surface area contributed by atoms with Crippen LogP contribution in [0.1, 0.15) is 16.1 Å². The predicted molar refractivity (Wildman–Crippen MR) is 118 cm³/mol. The maximum Gasteiger partial charge on any atom is 0.434 e. The molecule has 0 spiro atoms. The number of fused-ring (bicyclic) bond motifs is 1. The number of aromatic nitrogens is 6. The maximum absolute atomic E-state index is 14.1. The molecule has 0 bridgehead atoms. The maximum atomic E-state index is 14.1. The van der Waals surface area contributed by atoms with E-state index >= 15 is 0 Å². The summed E-state index contributed by atoms with van der Waals surface area (Å²) in [6.45, 7) is 0. The minimum absolute atomic E-state index is 0.149. The Balaban J connectivity index is 1.53. The first kappa shape index (κ1) is 21.6. The molecule has 0 saturated heterocycles. The van der Waals surface area contributed by atoms with Crippen molar-refractivity contribution in [2.75, 3.05) is 5.32 Å². The molecule has 5 rings (SSSR count). The van der Waals surface area contributed by atoms with Crippen molar-refractivity contribution in [2.24, 2.45) is 0 Å². The quantitative estimate of drug-likeness (QED) is 0.391. The molecule has 0 unspecified atom stereocenters. The smallest absolute Gasteiger partial charge is 0.322 e. The molecule has 0 aliphatic rings. The lowest BCUT2D eigenvalue weighted by Gasteiger charge is -2.14. The molecule has 170 valence electrons. The van der Waals surface area contributed by atoms with Crippen molar-refractivity contribution in [3.63, 3.8) is 0 Å². The van der Waals surface area contributed by atoms with Gasteiger partial charge in [-0.05, 0) is 42.5 Å². The molecular weight excluding hydrogens is 471 g/mol. The van der Waals surface area contributed by atoms with Gasteiger partial charge in [0.2, 0.25) is 0 Å². The fourth-order valence-electron chi connectivity index (χ4n) is 3.53. The number of nitrogens with one attached hydrogen (secondary N) is 1. The number of carbonyl (C=O) groups excluding carboxylic acids is 1. The van der Waals surface area contributed by atoms with E-state index in [-0.39, 0.29) is 16.4 Å². The highest BCUT2D eigenvalue weighted by molar-refractivity contribution is 6.32. The predicted octanol–water partition coefficient (Wildman–Crippen LogP) is 4.93. The topological polar surface area (TPSA) is 90.5 Å². The summed E-state index contributed by atoms with van der Waals surface area (Å²) in [5.74, 6) is -0.988. The zero-order chi connectivity index (χ0) is 23.9. The van der Waals surface area contributed by atoms with E-state index in [1.165, 1.54) is 47.7 Å². The van der Waals surface area contributed by atoms with Crippen LogP contribution in [0, 0.1) is 0 Å². The standard InChI is InChI=1S/C22H13ClF3N7O/c23-16-11-13(6-7-19(16)33-28-9-10-29-33)31-21(34)15-12-30-32(20(15)22(24,25)26)18-5-1-4-17-14(18)3-2-8-27-17/h1-12H,(H,31,34). The van der Waals surface area contributed by atoms with Crippen molar-refractivity contribution in [1.29, 1.82) is 0 Å². The van der Waals surface area contributed by atoms with E-state index in [0.29, 0.717) is 21.3 Å². The van der Waals surface area contributed by atoms with Crippen molar-refractivity contribution in [3.05, 3.63) is 89.6 Å². The van der Waals surface area contributed by atoms with Gasteiger partial charge in [-0.3, -0.25) is 9.78 Å². The molecule has 0 radical (unpaired) electrons. The van der Waals surface area contributed by atoms with Crippen molar-refractivity contribution in [1.82, 2.24) is 29.8 Å². The summed E-state index contributed by atoms with van der Waals surface area (Å²) in [5.41, 5.74) is -0.557. The van der Waals surface area contributed by atoms with Gasteiger partial charge in [0.15, 0.2) is 5.69 Å².